The quantitative estimate of drug-likeness (QED) is 0.367. The number of benzene rings is 2. The Morgan fingerprint density at radius 3 is 2.35 bits per heavy atom. The molecule has 3 heterocycles. The van der Waals surface area contributed by atoms with Crippen molar-refractivity contribution in [3.05, 3.63) is 73.2 Å². The first-order valence-electron chi connectivity index (χ1n) is 11.7. The molecule has 192 valence electrons. The van der Waals surface area contributed by atoms with Gasteiger partial charge in [0.2, 0.25) is 10.0 Å². The second kappa shape index (κ2) is 10.0. The summed E-state index contributed by atoms with van der Waals surface area (Å²) >= 11 is 0. The number of pyridine rings is 1. The van der Waals surface area contributed by atoms with Gasteiger partial charge in [0.05, 0.1) is 39.3 Å². The van der Waals surface area contributed by atoms with E-state index in [-0.39, 0.29) is 4.90 Å². The molecule has 0 atom stereocenters. The van der Waals surface area contributed by atoms with E-state index in [2.05, 4.69) is 19.4 Å². The van der Waals surface area contributed by atoms with Crippen molar-refractivity contribution in [1.82, 2.24) is 19.7 Å². The van der Waals surface area contributed by atoms with Gasteiger partial charge in [-0.3, -0.25) is 14.7 Å². The molecule has 0 aliphatic carbocycles. The lowest BCUT2D eigenvalue weighted by atomic mass is 10.1. The van der Waals surface area contributed by atoms with E-state index in [1.807, 2.05) is 23.1 Å². The lowest BCUT2D eigenvalue weighted by Gasteiger charge is -2.32. The fourth-order valence-electron chi connectivity index (χ4n) is 4.36. The number of piperidine rings is 1. The topological polar surface area (TPSA) is 134 Å². The van der Waals surface area contributed by atoms with Crippen molar-refractivity contribution >= 4 is 42.6 Å². The summed E-state index contributed by atoms with van der Waals surface area (Å²) in [5, 5.41) is -0.409. The molecule has 12 heteroatoms. The third-order valence-corrected chi connectivity index (χ3v) is 9.71. The smallest absolute Gasteiger partial charge is 0.261 e. The Balaban J connectivity index is 1.38. The molecule has 1 aliphatic rings. The Morgan fingerprint density at radius 2 is 1.62 bits per heavy atom. The SMILES string of the molecule is CNS(=O)(=O)C1CCN(c2cnc3ccc(-c4cncc(NS(=O)(=O)c5ccccc5)c4)cc3n2)CC1. The highest BCUT2D eigenvalue weighted by atomic mass is 32.2. The zero-order valence-corrected chi connectivity index (χ0v) is 21.7. The standard InChI is InChI=1S/C25H26N6O4S2/c1-26-36(32,33)22-9-11-31(12-10-22)25-17-28-23-8-7-18(14-24(23)29-25)19-13-20(16-27-15-19)30-37(34,35)21-5-3-2-4-6-21/h2-8,13-17,22,26,30H,9-12H2,1H3. The molecule has 2 aromatic heterocycles. The van der Waals surface area contributed by atoms with Crippen molar-refractivity contribution in [3.8, 4) is 11.1 Å². The maximum atomic E-state index is 12.7. The van der Waals surface area contributed by atoms with E-state index < -0.39 is 25.3 Å². The highest BCUT2D eigenvalue weighted by molar-refractivity contribution is 7.92. The molecule has 0 bridgehead atoms. The number of hydrogen-bond donors (Lipinski definition) is 2. The summed E-state index contributed by atoms with van der Waals surface area (Å²) in [5.74, 6) is 0.687. The first-order chi connectivity index (χ1) is 17.7. The predicted molar refractivity (Wildman–Crippen MR) is 143 cm³/mol. The minimum atomic E-state index is -3.74. The highest BCUT2D eigenvalue weighted by Gasteiger charge is 2.29. The van der Waals surface area contributed by atoms with Gasteiger partial charge in [0.25, 0.3) is 10.0 Å². The molecule has 0 saturated carbocycles. The predicted octanol–water partition coefficient (Wildman–Crippen LogP) is 3.01. The largest absolute Gasteiger partial charge is 0.355 e. The second-order valence-electron chi connectivity index (χ2n) is 8.75. The summed E-state index contributed by atoms with van der Waals surface area (Å²) < 4.78 is 54.6. The Morgan fingerprint density at radius 1 is 0.865 bits per heavy atom. The molecule has 10 nitrogen and oxygen atoms in total. The maximum Gasteiger partial charge on any atom is 0.261 e. The van der Waals surface area contributed by atoms with Crippen molar-refractivity contribution in [2.75, 3.05) is 29.8 Å². The van der Waals surface area contributed by atoms with Gasteiger partial charge in [-0.25, -0.2) is 26.5 Å². The van der Waals surface area contributed by atoms with Gasteiger partial charge in [-0.1, -0.05) is 24.3 Å². The summed E-state index contributed by atoms with van der Waals surface area (Å²) in [6.45, 7) is 1.14. The van der Waals surface area contributed by atoms with E-state index in [0.29, 0.717) is 48.5 Å². The van der Waals surface area contributed by atoms with Crippen LogP contribution in [0.15, 0.2) is 78.1 Å². The molecule has 37 heavy (non-hydrogen) atoms. The molecule has 2 N–H and O–H groups in total. The van der Waals surface area contributed by atoms with Crippen LogP contribution in [0.2, 0.25) is 0 Å². The molecule has 5 rings (SSSR count). The number of hydrogen-bond acceptors (Lipinski definition) is 8. The lowest BCUT2D eigenvalue weighted by Crippen LogP contribution is -2.43. The number of sulfonamides is 2. The van der Waals surface area contributed by atoms with E-state index >= 15 is 0 Å². The third kappa shape index (κ3) is 5.41. The zero-order chi connectivity index (χ0) is 26.0. The molecule has 0 spiro atoms. The fourth-order valence-corrected chi connectivity index (χ4v) is 6.58. The molecular formula is C25H26N6O4S2. The molecule has 1 fully saturated rings. The van der Waals surface area contributed by atoms with Crippen molar-refractivity contribution in [2.24, 2.45) is 0 Å². The first-order valence-corrected chi connectivity index (χ1v) is 14.8. The highest BCUT2D eigenvalue weighted by Crippen LogP contribution is 2.27. The van der Waals surface area contributed by atoms with Crippen LogP contribution in [0.4, 0.5) is 11.5 Å². The number of nitrogens with one attached hydrogen (secondary N) is 2. The number of rotatable bonds is 7. The van der Waals surface area contributed by atoms with Crippen LogP contribution in [0.25, 0.3) is 22.2 Å². The third-order valence-electron chi connectivity index (χ3n) is 6.40. The minimum absolute atomic E-state index is 0.168. The van der Waals surface area contributed by atoms with Crippen LogP contribution in [-0.4, -0.2) is 57.2 Å². The fraction of sp³-hybridized carbons (Fsp3) is 0.240. The molecule has 4 aromatic rings. The maximum absolute atomic E-state index is 12.7. The van der Waals surface area contributed by atoms with E-state index in [4.69, 9.17) is 4.98 Å². The minimum Gasteiger partial charge on any atom is -0.355 e. The molecule has 0 radical (unpaired) electrons. The van der Waals surface area contributed by atoms with Gasteiger partial charge in [0.1, 0.15) is 5.82 Å². The second-order valence-corrected chi connectivity index (χ2v) is 12.6. The Hall–Kier alpha value is -3.61. The van der Waals surface area contributed by atoms with Crippen LogP contribution >= 0.6 is 0 Å². The summed E-state index contributed by atoms with van der Waals surface area (Å²) in [7, 11) is -5.59. The Bertz CT molecular complexity index is 1640. The van der Waals surface area contributed by atoms with Crippen molar-refractivity contribution in [3.63, 3.8) is 0 Å². The number of anilines is 2. The summed E-state index contributed by atoms with van der Waals surface area (Å²) in [6, 6.07) is 15.5. The summed E-state index contributed by atoms with van der Waals surface area (Å²) in [5.41, 5.74) is 3.27. The number of fused-ring (bicyclic) bond motifs is 1. The van der Waals surface area contributed by atoms with Crippen LogP contribution < -0.4 is 14.3 Å². The average Bonchev–Trinajstić information content (AvgIpc) is 2.93. The van der Waals surface area contributed by atoms with E-state index in [0.717, 1.165) is 11.1 Å². The van der Waals surface area contributed by atoms with Crippen LogP contribution in [0, 0.1) is 0 Å². The molecule has 0 unspecified atom stereocenters. The van der Waals surface area contributed by atoms with Crippen LogP contribution in [0.1, 0.15) is 12.8 Å². The molecule has 0 amide bonds. The van der Waals surface area contributed by atoms with E-state index in [1.54, 1.807) is 36.7 Å². The molecular weight excluding hydrogens is 512 g/mol. The van der Waals surface area contributed by atoms with E-state index in [1.165, 1.54) is 25.4 Å². The Kier molecular flexibility index (Phi) is 6.80. The normalized spacial score (nSPS) is 15.1. The van der Waals surface area contributed by atoms with Crippen molar-refractivity contribution in [1.29, 1.82) is 0 Å². The van der Waals surface area contributed by atoms with Gasteiger partial charge in [-0.05, 0) is 55.8 Å². The van der Waals surface area contributed by atoms with Crippen LogP contribution in [0.3, 0.4) is 0 Å². The summed E-state index contributed by atoms with van der Waals surface area (Å²) in [6.07, 6.45) is 5.85. The van der Waals surface area contributed by atoms with Gasteiger partial charge >= 0.3 is 0 Å². The Labute approximate surface area is 215 Å². The van der Waals surface area contributed by atoms with E-state index in [9.17, 15) is 16.8 Å². The summed E-state index contributed by atoms with van der Waals surface area (Å²) in [4.78, 5) is 15.7. The number of nitrogens with zero attached hydrogens (tertiary/aromatic N) is 4. The van der Waals surface area contributed by atoms with Gasteiger partial charge in [-0.2, -0.15) is 0 Å². The van der Waals surface area contributed by atoms with Crippen molar-refractivity contribution in [2.45, 2.75) is 23.0 Å². The molecule has 2 aromatic carbocycles. The van der Waals surface area contributed by atoms with Gasteiger partial charge in [0.15, 0.2) is 0 Å². The van der Waals surface area contributed by atoms with Gasteiger partial charge in [0, 0.05) is 24.8 Å². The van der Waals surface area contributed by atoms with Gasteiger partial charge < -0.3 is 4.90 Å². The van der Waals surface area contributed by atoms with Crippen LogP contribution in [-0.2, 0) is 20.0 Å². The zero-order valence-electron chi connectivity index (χ0n) is 20.1. The molecule has 1 saturated heterocycles. The number of aromatic nitrogens is 3. The average molecular weight is 539 g/mol. The molecule has 1 aliphatic heterocycles. The van der Waals surface area contributed by atoms with Gasteiger partial charge in [-0.15, -0.1) is 0 Å². The lowest BCUT2D eigenvalue weighted by molar-refractivity contribution is 0.522. The van der Waals surface area contributed by atoms with Crippen LogP contribution in [0.5, 0.6) is 0 Å². The first kappa shape index (κ1) is 25.1. The monoisotopic (exact) mass is 538 g/mol. The van der Waals surface area contributed by atoms with Crippen molar-refractivity contribution < 1.29 is 16.8 Å².